The van der Waals surface area contributed by atoms with Crippen molar-refractivity contribution in [1.29, 1.82) is 0 Å². The highest BCUT2D eigenvalue weighted by molar-refractivity contribution is 5.84. The maximum atomic E-state index is 12.3. The van der Waals surface area contributed by atoms with Gasteiger partial charge in [-0.1, -0.05) is 0 Å². The SMILES string of the molecule is CC(C)(C)NC(=O)CNC(=O)Cn1ccc(C(F)(F)F)n1. The van der Waals surface area contributed by atoms with Crippen molar-refractivity contribution < 1.29 is 22.8 Å². The van der Waals surface area contributed by atoms with E-state index in [1.807, 2.05) is 0 Å². The lowest BCUT2D eigenvalue weighted by Crippen LogP contribution is -2.46. The van der Waals surface area contributed by atoms with Crippen LogP contribution in [0.1, 0.15) is 26.5 Å². The Morgan fingerprint density at radius 3 is 2.33 bits per heavy atom. The van der Waals surface area contributed by atoms with E-state index in [4.69, 9.17) is 0 Å². The van der Waals surface area contributed by atoms with Crippen molar-refractivity contribution in [1.82, 2.24) is 20.4 Å². The van der Waals surface area contributed by atoms with E-state index in [1.165, 1.54) is 0 Å². The van der Waals surface area contributed by atoms with Gasteiger partial charge in [-0.25, -0.2) is 0 Å². The summed E-state index contributed by atoms with van der Waals surface area (Å²) in [6.07, 6.45) is -3.49. The maximum absolute atomic E-state index is 12.3. The molecular formula is C12H17F3N4O2. The van der Waals surface area contributed by atoms with Crippen LogP contribution in [0.4, 0.5) is 13.2 Å². The molecule has 2 amide bonds. The number of carbonyl (C=O) groups excluding carboxylic acids is 2. The quantitative estimate of drug-likeness (QED) is 0.869. The fourth-order valence-electron chi connectivity index (χ4n) is 1.45. The van der Waals surface area contributed by atoms with E-state index < -0.39 is 29.9 Å². The number of nitrogens with one attached hydrogen (secondary N) is 2. The Balaban J connectivity index is 2.44. The summed E-state index contributed by atoms with van der Waals surface area (Å²) in [6, 6.07) is 0.777. The summed E-state index contributed by atoms with van der Waals surface area (Å²) in [6.45, 7) is 4.72. The third kappa shape index (κ3) is 6.28. The highest BCUT2D eigenvalue weighted by atomic mass is 19.4. The number of hydrogen-bond donors (Lipinski definition) is 2. The summed E-state index contributed by atoms with van der Waals surface area (Å²) in [7, 11) is 0. The van der Waals surface area contributed by atoms with Crippen LogP contribution in [0.3, 0.4) is 0 Å². The highest BCUT2D eigenvalue weighted by Crippen LogP contribution is 2.27. The molecule has 0 aliphatic heterocycles. The first-order valence-electron chi connectivity index (χ1n) is 6.16. The van der Waals surface area contributed by atoms with Crippen molar-refractivity contribution >= 4 is 11.8 Å². The Hall–Kier alpha value is -2.06. The number of aromatic nitrogens is 2. The molecule has 6 nitrogen and oxygen atoms in total. The van der Waals surface area contributed by atoms with Crippen LogP contribution in [0.15, 0.2) is 12.3 Å². The lowest BCUT2D eigenvalue weighted by Gasteiger charge is -2.20. The number of rotatable bonds is 4. The minimum atomic E-state index is -4.55. The van der Waals surface area contributed by atoms with Crippen LogP contribution >= 0.6 is 0 Å². The second-order valence-electron chi connectivity index (χ2n) is 5.47. The van der Waals surface area contributed by atoms with Crippen LogP contribution in [0.25, 0.3) is 0 Å². The Morgan fingerprint density at radius 2 is 1.86 bits per heavy atom. The summed E-state index contributed by atoms with van der Waals surface area (Å²) in [5.41, 5.74) is -1.49. The molecule has 0 aliphatic carbocycles. The normalized spacial score (nSPS) is 12.1. The smallest absolute Gasteiger partial charge is 0.350 e. The van der Waals surface area contributed by atoms with E-state index in [-0.39, 0.29) is 12.5 Å². The van der Waals surface area contributed by atoms with Gasteiger partial charge in [0, 0.05) is 11.7 Å². The summed E-state index contributed by atoms with van der Waals surface area (Å²) in [5.74, 6) is -0.983. The molecule has 9 heteroatoms. The second kappa shape index (κ2) is 6.15. The molecule has 1 heterocycles. The molecule has 0 saturated carbocycles. The van der Waals surface area contributed by atoms with Gasteiger partial charge in [-0.2, -0.15) is 18.3 Å². The molecule has 0 unspecified atom stereocenters. The van der Waals surface area contributed by atoms with Gasteiger partial charge in [0.05, 0.1) is 6.54 Å². The number of halogens is 3. The first kappa shape index (κ1) is 17.0. The van der Waals surface area contributed by atoms with Gasteiger partial charge in [-0.15, -0.1) is 0 Å². The molecule has 0 radical (unpaired) electrons. The zero-order chi connectivity index (χ0) is 16.3. The molecule has 0 aromatic carbocycles. The van der Waals surface area contributed by atoms with Crippen LogP contribution in [0.2, 0.25) is 0 Å². The molecular weight excluding hydrogens is 289 g/mol. The summed E-state index contributed by atoms with van der Waals surface area (Å²) in [4.78, 5) is 23.0. The number of carbonyl (C=O) groups is 2. The lowest BCUT2D eigenvalue weighted by atomic mass is 10.1. The van der Waals surface area contributed by atoms with E-state index in [0.717, 1.165) is 16.9 Å². The average Bonchev–Trinajstić information content (AvgIpc) is 2.72. The Labute approximate surface area is 119 Å². The van der Waals surface area contributed by atoms with Gasteiger partial charge in [0.2, 0.25) is 11.8 Å². The molecule has 1 aromatic heterocycles. The number of alkyl halides is 3. The largest absolute Gasteiger partial charge is 0.435 e. The number of hydrogen-bond acceptors (Lipinski definition) is 3. The first-order valence-corrected chi connectivity index (χ1v) is 6.16. The minimum absolute atomic E-state index is 0.247. The van der Waals surface area contributed by atoms with Crippen molar-refractivity contribution in [3.05, 3.63) is 18.0 Å². The van der Waals surface area contributed by atoms with Crippen LogP contribution in [0, 0.1) is 0 Å². The number of amides is 2. The van der Waals surface area contributed by atoms with Gasteiger partial charge < -0.3 is 10.6 Å². The van der Waals surface area contributed by atoms with E-state index >= 15 is 0 Å². The van der Waals surface area contributed by atoms with Gasteiger partial charge in [-0.3, -0.25) is 14.3 Å². The zero-order valence-corrected chi connectivity index (χ0v) is 11.9. The van der Waals surface area contributed by atoms with Crippen LogP contribution in [-0.4, -0.2) is 33.7 Å². The van der Waals surface area contributed by atoms with E-state index in [9.17, 15) is 22.8 Å². The van der Waals surface area contributed by atoms with Crippen molar-refractivity contribution in [3.63, 3.8) is 0 Å². The highest BCUT2D eigenvalue weighted by Gasteiger charge is 2.33. The van der Waals surface area contributed by atoms with Gasteiger partial charge in [0.1, 0.15) is 6.54 Å². The van der Waals surface area contributed by atoms with Gasteiger partial charge in [0.25, 0.3) is 0 Å². The maximum Gasteiger partial charge on any atom is 0.435 e. The van der Waals surface area contributed by atoms with Crippen molar-refractivity contribution in [2.45, 2.75) is 39.0 Å². The third-order valence-corrected chi connectivity index (χ3v) is 2.20. The molecule has 0 atom stereocenters. The van der Waals surface area contributed by atoms with Crippen molar-refractivity contribution in [2.24, 2.45) is 0 Å². The van der Waals surface area contributed by atoms with Crippen molar-refractivity contribution in [2.75, 3.05) is 6.54 Å². The molecule has 0 saturated heterocycles. The lowest BCUT2D eigenvalue weighted by molar-refractivity contribution is -0.141. The van der Waals surface area contributed by atoms with Gasteiger partial charge in [0.15, 0.2) is 5.69 Å². The van der Waals surface area contributed by atoms with Crippen LogP contribution in [-0.2, 0) is 22.3 Å². The van der Waals surface area contributed by atoms with Crippen LogP contribution < -0.4 is 10.6 Å². The Kier molecular flexibility index (Phi) is 4.97. The minimum Gasteiger partial charge on any atom is -0.350 e. The Morgan fingerprint density at radius 1 is 1.24 bits per heavy atom. The van der Waals surface area contributed by atoms with Gasteiger partial charge in [-0.05, 0) is 26.8 Å². The summed E-state index contributed by atoms with van der Waals surface area (Å²) < 4.78 is 37.8. The molecule has 0 spiro atoms. The fraction of sp³-hybridized carbons (Fsp3) is 0.583. The predicted molar refractivity (Wildman–Crippen MR) is 68.1 cm³/mol. The third-order valence-electron chi connectivity index (χ3n) is 2.20. The zero-order valence-electron chi connectivity index (χ0n) is 11.9. The monoisotopic (exact) mass is 306 g/mol. The van der Waals surface area contributed by atoms with E-state index in [1.54, 1.807) is 20.8 Å². The van der Waals surface area contributed by atoms with E-state index in [0.29, 0.717) is 0 Å². The fourth-order valence-corrected chi connectivity index (χ4v) is 1.45. The summed E-state index contributed by atoms with van der Waals surface area (Å²) >= 11 is 0. The first-order chi connectivity index (χ1) is 9.47. The molecule has 118 valence electrons. The van der Waals surface area contributed by atoms with Crippen molar-refractivity contribution in [3.8, 4) is 0 Å². The van der Waals surface area contributed by atoms with Crippen LogP contribution in [0.5, 0.6) is 0 Å². The molecule has 2 N–H and O–H groups in total. The average molecular weight is 306 g/mol. The molecule has 0 fully saturated rings. The summed E-state index contributed by atoms with van der Waals surface area (Å²) in [5, 5.41) is 8.18. The van der Waals surface area contributed by atoms with Gasteiger partial charge >= 0.3 is 6.18 Å². The molecule has 1 rings (SSSR count). The molecule has 1 aromatic rings. The predicted octanol–water partition coefficient (Wildman–Crippen LogP) is 0.933. The van der Waals surface area contributed by atoms with E-state index in [2.05, 4.69) is 15.7 Å². The molecule has 0 bridgehead atoms. The molecule has 0 aliphatic rings. The number of nitrogens with zero attached hydrogens (tertiary/aromatic N) is 2. The second-order valence-corrected chi connectivity index (χ2v) is 5.47. The standard InChI is InChI=1S/C12H17F3N4O2/c1-11(2,3)17-9(20)6-16-10(21)7-19-5-4-8(18-19)12(13,14)15/h4-5H,6-7H2,1-3H3,(H,16,21)(H,17,20). The Bertz CT molecular complexity index is 517. The topological polar surface area (TPSA) is 76.0 Å². The molecule has 21 heavy (non-hydrogen) atoms.